The van der Waals surface area contributed by atoms with Gasteiger partial charge in [0, 0.05) is 14.1 Å². The summed E-state index contributed by atoms with van der Waals surface area (Å²) < 4.78 is 0. The molecular formula is C6H15N5O2. The van der Waals surface area contributed by atoms with Crippen LogP contribution < -0.4 is 21.8 Å². The molecule has 0 aliphatic rings. The molecule has 0 heterocycles. The van der Waals surface area contributed by atoms with E-state index in [9.17, 15) is 4.79 Å². The summed E-state index contributed by atoms with van der Waals surface area (Å²) in [6.07, 6.45) is -0.598. The first-order valence-corrected chi connectivity index (χ1v) is 3.69. The van der Waals surface area contributed by atoms with E-state index < -0.39 is 12.3 Å². The van der Waals surface area contributed by atoms with Crippen LogP contribution in [0.15, 0.2) is 4.99 Å². The minimum absolute atomic E-state index is 0.121. The van der Waals surface area contributed by atoms with Crippen LogP contribution in [0.2, 0.25) is 0 Å². The van der Waals surface area contributed by atoms with Gasteiger partial charge in [0.2, 0.25) is 5.84 Å². The molecule has 0 bridgehead atoms. The van der Waals surface area contributed by atoms with Crippen LogP contribution in [0.4, 0.5) is 0 Å². The minimum atomic E-state index is -0.615. The van der Waals surface area contributed by atoms with Crippen molar-refractivity contribution < 1.29 is 9.63 Å². The van der Waals surface area contributed by atoms with Crippen LogP contribution in [-0.2, 0) is 9.63 Å². The Bertz CT molecular complexity index is 193. The summed E-state index contributed by atoms with van der Waals surface area (Å²) in [5, 5.41) is 5.19. The summed E-state index contributed by atoms with van der Waals surface area (Å²) in [4.78, 5) is 19.3. The SMILES string of the molecule is CN=C(NC)C(=O)ONC(N)NC. The van der Waals surface area contributed by atoms with E-state index in [1.807, 2.05) is 0 Å². The van der Waals surface area contributed by atoms with Crippen LogP contribution in [0.5, 0.6) is 0 Å². The summed E-state index contributed by atoms with van der Waals surface area (Å²) in [6, 6.07) is 0. The lowest BCUT2D eigenvalue weighted by atomic mass is 10.6. The average molecular weight is 189 g/mol. The topological polar surface area (TPSA) is 101 Å². The fraction of sp³-hybridized carbons (Fsp3) is 0.667. The molecule has 0 fully saturated rings. The van der Waals surface area contributed by atoms with Crippen molar-refractivity contribution >= 4 is 11.8 Å². The van der Waals surface area contributed by atoms with Crippen molar-refractivity contribution in [3.8, 4) is 0 Å². The lowest BCUT2D eigenvalue weighted by Gasteiger charge is -2.12. The molecule has 0 radical (unpaired) electrons. The molecule has 0 aromatic heterocycles. The number of carbonyl (C=O) groups excluding carboxylic acids is 1. The zero-order valence-corrected chi connectivity index (χ0v) is 7.92. The number of likely N-dealkylation sites (N-methyl/N-ethyl adjacent to an activating group) is 1. The fourth-order valence-corrected chi connectivity index (χ4v) is 0.529. The van der Waals surface area contributed by atoms with Crippen LogP contribution >= 0.6 is 0 Å². The highest BCUT2D eigenvalue weighted by Gasteiger charge is 2.11. The van der Waals surface area contributed by atoms with Gasteiger partial charge >= 0.3 is 5.97 Å². The Balaban J connectivity index is 3.87. The van der Waals surface area contributed by atoms with Gasteiger partial charge in [-0.2, -0.15) is 0 Å². The highest BCUT2D eigenvalue weighted by molar-refractivity contribution is 6.35. The van der Waals surface area contributed by atoms with Gasteiger partial charge in [0.05, 0.1) is 0 Å². The number of hydrogen-bond acceptors (Lipinski definition) is 6. The highest BCUT2D eigenvalue weighted by atomic mass is 16.7. The molecular weight excluding hydrogens is 174 g/mol. The third kappa shape index (κ3) is 4.41. The zero-order valence-electron chi connectivity index (χ0n) is 7.92. The van der Waals surface area contributed by atoms with Crippen molar-refractivity contribution in [2.75, 3.05) is 21.1 Å². The molecule has 7 heteroatoms. The van der Waals surface area contributed by atoms with E-state index in [2.05, 4.69) is 25.9 Å². The molecule has 76 valence electrons. The first-order valence-electron chi connectivity index (χ1n) is 3.69. The van der Waals surface area contributed by atoms with E-state index in [-0.39, 0.29) is 5.84 Å². The van der Waals surface area contributed by atoms with Gasteiger partial charge in [-0.25, -0.2) is 4.79 Å². The van der Waals surface area contributed by atoms with E-state index in [1.165, 1.54) is 7.05 Å². The normalized spacial score (nSPS) is 13.7. The van der Waals surface area contributed by atoms with Gasteiger partial charge in [0.1, 0.15) is 6.29 Å². The summed E-state index contributed by atoms with van der Waals surface area (Å²) >= 11 is 0. The smallest absolute Gasteiger partial charge is 0.367 e. The number of carbonyl (C=O) groups is 1. The number of amidine groups is 1. The van der Waals surface area contributed by atoms with Crippen molar-refractivity contribution in [1.29, 1.82) is 0 Å². The maximum atomic E-state index is 11.1. The predicted molar refractivity (Wildman–Crippen MR) is 48.7 cm³/mol. The van der Waals surface area contributed by atoms with E-state index >= 15 is 0 Å². The maximum absolute atomic E-state index is 11.1. The number of nitrogens with two attached hydrogens (primary N) is 1. The van der Waals surface area contributed by atoms with E-state index in [4.69, 9.17) is 5.73 Å². The summed E-state index contributed by atoms with van der Waals surface area (Å²) in [5.74, 6) is -0.494. The number of nitrogens with zero attached hydrogens (tertiary/aromatic N) is 1. The number of rotatable bonds is 3. The van der Waals surface area contributed by atoms with Crippen LogP contribution in [0.25, 0.3) is 0 Å². The van der Waals surface area contributed by atoms with Crippen molar-refractivity contribution in [1.82, 2.24) is 16.1 Å². The van der Waals surface area contributed by atoms with Crippen LogP contribution in [0.1, 0.15) is 0 Å². The average Bonchev–Trinajstić information content (AvgIpc) is 2.16. The largest absolute Gasteiger partial charge is 0.392 e. The second-order valence-electron chi connectivity index (χ2n) is 2.10. The molecule has 0 spiro atoms. The van der Waals surface area contributed by atoms with Gasteiger partial charge in [-0.05, 0) is 7.05 Å². The lowest BCUT2D eigenvalue weighted by Crippen LogP contribution is -2.49. The van der Waals surface area contributed by atoms with E-state index in [1.54, 1.807) is 14.1 Å². The molecule has 0 aromatic rings. The Morgan fingerprint density at radius 3 is 2.54 bits per heavy atom. The van der Waals surface area contributed by atoms with Crippen LogP contribution in [0.3, 0.4) is 0 Å². The number of aliphatic imine (C=N–C) groups is 1. The van der Waals surface area contributed by atoms with E-state index in [0.717, 1.165) is 0 Å². The quantitative estimate of drug-likeness (QED) is 0.173. The number of nitrogens with one attached hydrogen (secondary N) is 3. The molecule has 0 rings (SSSR count). The van der Waals surface area contributed by atoms with Gasteiger partial charge in [-0.1, -0.05) is 0 Å². The van der Waals surface area contributed by atoms with Crippen LogP contribution in [0, 0.1) is 0 Å². The lowest BCUT2D eigenvalue weighted by molar-refractivity contribution is -0.145. The first kappa shape index (κ1) is 11.8. The van der Waals surface area contributed by atoms with Gasteiger partial charge < -0.3 is 15.9 Å². The molecule has 1 unspecified atom stereocenters. The Kier molecular flexibility index (Phi) is 5.77. The number of hydroxylamine groups is 1. The van der Waals surface area contributed by atoms with Crippen LogP contribution in [-0.4, -0.2) is 39.2 Å². The van der Waals surface area contributed by atoms with Crippen molar-refractivity contribution in [2.45, 2.75) is 6.29 Å². The van der Waals surface area contributed by atoms with Crippen molar-refractivity contribution in [2.24, 2.45) is 10.7 Å². The Morgan fingerprint density at radius 1 is 1.54 bits per heavy atom. The molecule has 7 nitrogen and oxygen atoms in total. The maximum Gasteiger partial charge on any atom is 0.392 e. The third-order valence-electron chi connectivity index (χ3n) is 1.24. The molecule has 0 aliphatic heterocycles. The summed E-state index contributed by atoms with van der Waals surface area (Å²) in [6.45, 7) is 0. The van der Waals surface area contributed by atoms with Crippen molar-refractivity contribution in [3.63, 3.8) is 0 Å². The van der Waals surface area contributed by atoms with Crippen molar-refractivity contribution in [3.05, 3.63) is 0 Å². The highest BCUT2D eigenvalue weighted by Crippen LogP contribution is 1.77. The summed E-state index contributed by atoms with van der Waals surface area (Å²) in [5.41, 5.74) is 7.62. The van der Waals surface area contributed by atoms with Gasteiger partial charge in [-0.3, -0.25) is 10.3 Å². The van der Waals surface area contributed by atoms with Gasteiger partial charge in [0.15, 0.2) is 0 Å². The predicted octanol–water partition coefficient (Wildman–Crippen LogP) is -2.26. The molecule has 0 saturated heterocycles. The Labute approximate surface area is 76.7 Å². The molecule has 0 amide bonds. The Morgan fingerprint density at radius 2 is 2.15 bits per heavy atom. The first-order chi connectivity index (χ1) is 6.15. The standard InChI is InChI=1S/C6H15N5O2/c1-8-4(9-2)5(12)13-11-6(7)10-3/h6,10-11H,7H2,1-3H3,(H,8,9). The summed E-state index contributed by atoms with van der Waals surface area (Å²) in [7, 11) is 4.67. The number of hydrogen-bond donors (Lipinski definition) is 4. The third-order valence-corrected chi connectivity index (χ3v) is 1.24. The molecule has 0 saturated carbocycles. The van der Waals surface area contributed by atoms with E-state index in [0.29, 0.717) is 0 Å². The van der Waals surface area contributed by atoms with Gasteiger partial charge in [0.25, 0.3) is 0 Å². The second-order valence-corrected chi connectivity index (χ2v) is 2.10. The fourth-order valence-electron chi connectivity index (χ4n) is 0.529. The molecule has 13 heavy (non-hydrogen) atoms. The second kappa shape index (κ2) is 6.35. The minimum Gasteiger partial charge on any atom is -0.367 e. The monoisotopic (exact) mass is 189 g/mol. The molecule has 1 atom stereocenters. The molecule has 0 aliphatic carbocycles. The Hall–Kier alpha value is -1.18. The molecule has 5 N–H and O–H groups in total. The zero-order chi connectivity index (χ0) is 10.3. The molecule has 0 aromatic carbocycles. The van der Waals surface area contributed by atoms with Gasteiger partial charge in [-0.15, -0.1) is 5.48 Å².